The number of aliphatic hydroxyl groups excluding tert-OH is 1. The summed E-state index contributed by atoms with van der Waals surface area (Å²) in [6.45, 7) is 3.08. The number of aromatic nitrogens is 1. The first-order valence-corrected chi connectivity index (χ1v) is 14.2. The fraction of sp³-hybridized carbons (Fsp3) is 0.250. The van der Waals surface area contributed by atoms with E-state index in [1.54, 1.807) is 44.4 Å². The molecule has 1 aliphatic rings. The SMILES string of the molecule is CCOC(=O)C1=C(O)/C(=C/c2cn(CC(=O)NCCCOC)c3ccc(Br)cc23)SC1=Nc1ccc(Cl)cc1. The second-order valence-corrected chi connectivity index (χ2v) is 10.9. The Morgan fingerprint density at radius 1 is 1.23 bits per heavy atom. The van der Waals surface area contributed by atoms with Gasteiger partial charge in [0.2, 0.25) is 5.91 Å². The van der Waals surface area contributed by atoms with Crippen LogP contribution in [0.4, 0.5) is 5.69 Å². The smallest absolute Gasteiger partial charge is 0.344 e. The lowest BCUT2D eigenvalue weighted by atomic mass is 10.1. The molecule has 0 saturated carbocycles. The molecule has 0 spiro atoms. The third kappa shape index (κ3) is 7.13. The molecule has 1 amide bonds. The van der Waals surface area contributed by atoms with Gasteiger partial charge in [-0.2, -0.15) is 0 Å². The lowest BCUT2D eigenvalue weighted by molar-refractivity contribution is -0.138. The Kier molecular flexibility index (Phi) is 9.90. The lowest BCUT2D eigenvalue weighted by Crippen LogP contribution is -2.28. The molecule has 11 heteroatoms. The molecule has 0 aliphatic carbocycles. The highest BCUT2D eigenvalue weighted by Crippen LogP contribution is 2.41. The van der Waals surface area contributed by atoms with E-state index in [2.05, 4.69) is 26.2 Å². The van der Waals surface area contributed by atoms with Crippen molar-refractivity contribution in [3.05, 3.63) is 80.0 Å². The van der Waals surface area contributed by atoms with E-state index in [-0.39, 0.29) is 30.4 Å². The highest BCUT2D eigenvalue weighted by molar-refractivity contribution is 9.10. The number of esters is 1. The number of rotatable bonds is 10. The van der Waals surface area contributed by atoms with Gasteiger partial charge < -0.3 is 24.5 Å². The van der Waals surface area contributed by atoms with E-state index in [0.29, 0.717) is 33.8 Å². The Morgan fingerprint density at radius 2 is 2.00 bits per heavy atom. The summed E-state index contributed by atoms with van der Waals surface area (Å²) >= 11 is 10.7. The number of carbonyl (C=O) groups is 2. The van der Waals surface area contributed by atoms with E-state index in [9.17, 15) is 14.7 Å². The van der Waals surface area contributed by atoms with Crippen LogP contribution < -0.4 is 5.32 Å². The summed E-state index contributed by atoms with van der Waals surface area (Å²) < 4.78 is 13.0. The molecular formula is C28H27BrClN3O5S. The first-order chi connectivity index (χ1) is 18.8. The van der Waals surface area contributed by atoms with Crippen molar-refractivity contribution in [2.75, 3.05) is 26.9 Å². The van der Waals surface area contributed by atoms with Crippen LogP contribution in [0.3, 0.4) is 0 Å². The fourth-order valence-corrected chi connectivity index (χ4v) is 5.48. The maximum Gasteiger partial charge on any atom is 0.344 e. The molecule has 0 saturated heterocycles. The highest BCUT2D eigenvalue weighted by Gasteiger charge is 2.33. The number of fused-ring (bicyclic) bond motifs is 1. The molecule has 39 heavy (non-hydrogen) atoms. The first kappa shape index (κ1) is 28.9. The van der Waals surface area contributed by atoms with Crippen LogP contribution in [-0.2, 0) is 25.6 Å². The summed E-state index contributed by atoms with van der Waals surface area (Å²) in [5, 5.41) is 15.8. The van der Waals surface area contributed by atoms with Gasteiger partial charge in [0.1, 0.15) is 22.9 Å². The van der Waals surface area contributed by atoms with Crippen molar-refractivity contribution < 1.29 is 24.2 Å². The number of aliphatic hydroxyl groups is 1. The summed E-state index contributed by atoms with van der Waals surface area (Å²) in [5.74, 6) is -0.989. The zero-order valence-corrected chi connectivity index (χ0v) is 24.5. The van der Waals surface area contributed by atoms with Crippen LogP contribution in [0, 0.1) is 0 Å². The van der Waals surface area contributed by atoms with Crippen molar-refractivity contribution in [3.8, 4) is 0 Å². The number of hydrogen-bond donors (Lipinski definition) is 2. The average Bonchev–Trinajstić information content (AvgIpc) is 3.39. The van der Waals surface area contributed by atoms with Crippen LogP contribution in [0.1, 0.15) is 18.9 Å². The number of amides is 1. The Hall–Kier alpha value is -3.05. The topological polar surface area (TPSA) is 102 Å². The van der Waals surface area contributed by atoms with Gasteiger partial charge in [-0.1, -0.05) is 39.3 Å². The van der Waals surface area contributed by atoms with Crippen LogP contribution in [0.15, 0.2) is 74.4 Å². The lowest BCUT2D eigenvalue weighted by Gasteiger charge is -2.07. The Balaban J connectivity index is 1.71. The number of nitrogens with one attached hydrogen (secondary N) is 1. The van der Waals surface area contributed by atoms with E-state index < -0.39 is 5.97 Å². The molecule has 0 atom stereocenters. The van der Waals surface area contributed by atoms with Gasteiger partial charge in [0.15, 0.2) is 0 Å². The molecule has 2 N–H and O–H groups in total. The molecule has 0 bridgehead atoms. The van der Waals surface area contributed by atoms with Crippen LogP contribution in [0.5, 0.6) is 0 Å². The molecule has 2 heterocycles. The predicted molar refractivity (Wildman–Crippen MR) is 160 cm³/mol. The molecule has 0 fully saturated rings. The highest BCUT2D eigenvalue weighted by atomic mass is 79.9. The van der Waals surface area contributed by atoms with Crippen molar-refractivity contribution in [3.63, 3.8) is 0 Å². The number of halogens is 2. The standard InChI is InChI=1S/C28H27BrClN3O5S/c1-3-38-28(36)25-26(35)23(39-27(25)32-20-8-6-19(30)7-9-20)13-17-15-33(16-24(34)31-11-4-12-37-2)22-10-5-18(29)14-21(17)22/h5-10,13-15,35H,3-4,11-12,16H2,1-2H3,(H,31,34)/b23-13-,32-27?. The van der Waals surface area contributed by atoms with E-state index in [0.717, 1.165) is 27.4 Å². The van der Waals surface area contributed by atoms with Gasteiger partial charge >= 0.3 is 5.97 Å². The molecule has 0 radical (unpaired) electrons. The minimum atomic E-state index is -0.658. The number of methoxy groups -OCH3 is 1. The van der Waals surface area contributed by atoms with Crippen molar-refractivity contribution in [1.82, 2.24) is 9.88 Å². The number of hydrogen-bond acceptors (Lipinski definition) is 7. The number of ether oxygens (including phenoxy) is 2. The Morgan fingerprint density at radius 3 is 2.72 bits per heavy atom. The van der Waals surface area contributed by atoms with Gasteiger partial charge in [-0.3, -0.25) is 4.79 Å². The predicted octanol–water partition coefficient (Wildman–Crippen LogP) is 6.40. The first-order valence-electron chi connectivity index (χ1n) is 12.2. The second-order valence-electron chi connectivity index (χ2n) is 8.52. The molecule has 4 rings (SSSR count). The van der Waals surface area contributed by atoms with E-state index >= 15 is 0 Å². The van der Waals surface area contributed by atoms with Crippen molar-refractivity contribution >= 4 is 78.9 Å². The maximum absolute atomic E-state index is 12.8. The van der Waals surface area contributed by atoms with Gasteiger partial charge in [-0.15, -0.1) is 0 Å². The van der Waals surface area contributed by atoms with Crippen molar-refractivity contribution in [2.24, 2.45) is 4.99 Å². The Labute approximate surface area is 243 Å². The third-order valence-electron chi connectivity index (χ3n) is 5.75. The van der Waals surface area contributed by atoms with Crippen molar-refractivity contribution in [1.29, 1.82) is 0 Å². The molecule has 8 nitrogen and oxygen atoms in total. The van der Waals surface area contributed by atoms with Gasteiger partial charge in [0, 0.05) is 52.4 Å². The summed E-state index contributed by atoms with van der Waals surface area (Å²) in [6, 6.07) is 12.6. The number of aliphatic imine (C=N–C) groups is 1. The van der Waals surface area contributed by atoms with Crippen LogP contribution in [0.25, 0.3) is 17.0 Å². The average molecular weight is 633 g/mol. The normalized spacial score (nSPS) is 15.5. The van der Waals surface area contributed by atoms with Gasteiger partial charge in [-0.25, -0.2) is 9.79 Å². The molecule has 0 unspecified atom stereocenters. The molecule has 1 aliphatic heterocycles. The zero-order valence-electron chi connectivity index (χ0n) is 21.4. The largest absolute Gasteiger partial charge is 0.506 e. The fourth-order valence-electron chi connectivity index (χ4n) is 3.96. The minimum Gasteiger partial charge on any atom is -0.506 e. The van der Waals surface area contributed by atoms with Gasteiger partial charge in [-0.05, 0) is 61.9 Å². The second kappa shape index (κ2) is 13.3. The maximum atomic E-state index is 12.8. The minimum absolute atomic E-state index is 0.00315. The number of benzene rings is 2. The van der Waals surface area contributed by atoms with Crippen LogP contribution in [0.2, 0.25) is 5.02 Å². The third-order valence-corrected chi connectivity index (χ3v) is 7.51. The molecule has 3 aromatic rings. The summed E-state index contributed by atoms with van der Waals surface area (Å²) in [4.78, 5) is 30.4. The summed E-state index contributed by atoms with van der Waals surface area (Å²) in [7, 11) is 1.62. The number of carbonyl (C=O) groups excluding carboxylic acids is 2. The molecule has 1 aromatic heterocycles. The van der Waals surface area contributed by atoms with Crippen LogP contribution >= 0.6 is 39.3 Å². The Bertz CT molecular complexity index is 1480. The van der Waals surface area contributed by atoms with E-state index in [1.165, 1.54) is 11.8 Å². The monoisotopic (exact) mass is 631 g/mol. The number of nitrogens with zero attached hydrogens (tertiary/aromatic N) is 2. The number of thioether (sulfide) groups is 1. The van der Waals surface area contributed by atoms with Crippen molar-refractivity contribution in [2.45, 2.75) is 19.9 Å². The van der Waals surface area contributed by atoms with E-state index in [1.807, 2.05) is 29.0 Å². The van der Waals surface area contributed by atoms with Gasteiger partial charge in [0.25, 0.3) is 0 Å². The summed E-state index contributed by atoms with van der Waals surface area (Å²) in [5.41, 5.74) is 2.20. The molecule has 204 valence electrons. The molecule has 2 aromatic carbocycles. The zero-order chi connectivity index (χ0) is 27.9. The molecular weight excluding hydrogens is 606 g/mol. The summed E-state index contributed by atoms with van der Waals surface area (Å²) in [6.07, 6.45) is 4.36. The quantitative estimate of drug-likeness (QED) is 0.198. The van der Waals surface area contributed by atoms with E-state index in [4.69, 9.17) is 21.1 Å². The van der Waals surface area contributed by atoms with Gasteiger partial charge in [0.05, 0.1) is 17.2 Å². The van der Waals surface area contributed by atoms with Crippen LogP contribution in [-0.4, -0.2) is 53.5 Å².